The summed E-state index contributed by atoms with van der Waals surface area (Å²) in [5, 5.41) is 8.91. The highest BCUT2D eigenvalue weighted by Crippen LogP contribution is 2.27. The van der Waals surface area contributed by atoms with Gasteiger partial charge in [-0.1, -0.05) is 60.7 Å². The number of aromatic nitrogens is 1. The summed E-state index contributed by atoms with van der Waals surface area (Å²) >= 11 is 0. The van der Waals surface area contributed by atoms with E-state index in [2.05, 4.69) is 15.6 Å². The molecule has 2 aliphatic heterocycles. The van der Waals surface area contributed by atoms with Gasteiger partial charge >= 0.3 is 0 Å². The van der Waals surface area contributed by atoms with Gasteiger partial charge in [-0.15, -0.1) is 0 Å². The molecule has 4 aromatic rings. The molecule has 1 fully saturated rings. The predicted octanol–water partition coefficient (Wildman–Crippen LogP) is 2.47. The summed E-state index contributed by atoms with van der Waals surface area (Å²) in [5.41, 5.74) is 1.48. The number of carbonyl (C=O) groups excluding carboxylic acids is 5. The van der Waals surface area contributed by atoms with E-state index in [0.29, 0.717) is 30.8 Å². The lowest BCUT2D eigenvalue weighted by molar-refractivity contribution is -0.140. The van der Waals surface area contributed by atoms with Gasteiger partial charge in [0, 0.05) is 51.6 Å². The number of carbonyl (C=O) groups is 5. The lowest BCUT2D eigenvalue weighted by Gasteiger charge is -2.29. The molecule has 3 aromatic carbocycles. The van der Waals surface area contributed by atoms with Gasteiger partial charge in [0.2, 0.25) is 23.6 Å². The molecule has 2 N–H and O–H groups in total. The molecule has 3 atom stereocenters. The fraction of sp³-hybridized carbons (Fsp3) is 0.400. The minimum Gasteiger partial charge on any atom is -0.489 e. The predicted molar refractivity (Wildman–Crippen MR) is 201 cm³/mol. The summed E-state index contributed by atoms with van der Waals surface area (Å²) in [6, 6.07) is 21.1. The molecule has 1 aromatic heterocycles. The summed E-state index contributed by atoms with van der Waals surface area (Å²) in [6.45, 7) is 1.13. The average Bonchev–Trinajstić information content (AvgIpc) is 3.54. The molecule has 1 saturated heterocycles. The number of amides is 5. The number of rotatable bonds is 7. The van der Waals surface area contributed by atoms with Crippen molar-refractivity contribution in [3.05, 3.63) is 84.1 Å². The SMILES string of the molecule is CN(C)CCNC(=O)[C@@H]1CCC(=O)N(C)CC(=O)N2C[C@@H](NC(=O)Cc3ccc4ccccc4c3)C[C@H]2COc2cccc3ccc(nc23)C(=O)N1C. The van der Waals surface area contributed by atoms with Crippen molar-refractivity contribution in [2.75, 3.05) is 61.0 Å². The summed E-state index contributed by atoms with van der Waals surface area (Å²) in [5.74, 6) is -1.20. The number of nitrogens with zero attached hydrogens (tertiary/aromatic N) is 5. The molecular formula is C40H47N7O6. The summed E-state index contributed by atoms with van der Waals surface area (Å²) < 4.78 is 6.34. The van der Waals surface area contributed by atoms with Crippen molar-refractivity contribution in [2.24, 2.45) is 0 Å². The Morgan fingerprint density at radius 3 is 2.47 bits per heavy atom. The molecule has 2 bridgehead atoms. The second-order valence-corrected chi connectivity index (χ2v) is 14.2. The zero-order valence-corrected chi connectivity index (χ0v) is 30.7. The molecular weight excluding hydrogens is 674 g/mol. The van der Waals surface area contributed by atoms with Gasteiger partial charge in [-0.3, -0.25) is 24.0 Å². The van der Waals surface area contributed by atoms with Crippen LogP contribution in [0.4, 0.5) is 0 Å². The highest BCUT2D eigenvalue weighted by atomic mass is 16.5. The van der Waals surface area contributed by atoms with Gasteiger partial charge in [-0.25, -0.2) is 4.98 Å². The van der Waals surface area contributed by atoms with Gasteiger partial charge in [0.1, 0.15) is 29.6 Å². The Labute approximate surface area is 309 Å². The maximum Gasteiger partial charge on any atom is 0.272 e. The average molecular weight is 722 g/mol. The fourth-order valence-electron chi connectivity index (χ4n) is 7.02. The highest BCUT2D eigenvalue weighted by Gasteiger charge is 2.37. The van der Waals surface area contributed by atoms with E-state index in [1.807, 2.05) is 73.6 Å². The van der Waals surface area contributed by atoms with E-state index in [9.17, 15) is 24.0 Å². The number of fused-ring (bicyclic) bond motifs is 3. The summed E-state index contributed by atoms with van der Waals surface area (Å²) in [6.07, 6.45) is 0.625. The number of hydrogen-bond donors (Lipinski definition) is 2. The van der Waals surface area contributed by atoms with Crippen LogP contribution in [-0.4, -0.2) is 133 Å². The number of pyridine rings is 1. The monoisotopic (exact) mass is 721 g/mol. The van der Waals surface area contributed by atoms with Crippen molar-refractivity contribution >= 4 is 51.2 Å². The molecule has 0 unspecified atom stereocenters. The highest BCUT2D eigenvalue weighted by molar-refractivity contribution is 5.98. The van der Waals surface area contributed by atoms with Crippen molar-refractivity contribution in [1.82, 2.24) is 35.2 Å². The maximum atomic E-state index is 13.9. The second-order valence-electron chi connectivity index (χ2n) is 14.2. The van der Waals surface area contributed by atoms with Gasteiger partial charge in [-0.05, 0) is 55.4 Å². The molecule has 13 nitrogen and oxygen atoms in total. The first-order valence-corrected chi connectivity index (χ1v) is 18.0. The van der Waals surface area contributed by atoms with Gasteiger partial charge in [0.05, 0.1) is 19.0 Å². The van der Waals surface area contributed by atoms with Crippen molar-refractivity contribution < 1.29 is 28.7 Å². The third kappa shape index (κ3) is 8.91. The normalized spacial score (nSPS) is 20.1. The van der Waals surface area contributed by atoms with Crippen molar-refractivity contribution in [1.29, 1.82) is 0 Å². The number of benzene rings is 3. The van der Waals surface area contributed by atoms with Crippen LogP contribution in [0, 0.1) is 0 Å². The number of likely N-dealkylation sites (N-methyl/N-ethyl adjacent to an activating group) is 3. The van der Waals surface area contributed by atoms with Gasteiger partial charge in [-0.2, -0.15) is 0 Å². The first-order valence-electron chi connectivity index (χ1n) is 18.0. The number of ether oxygens (including phenoxy) is 1. The van der Waals surface area contributed by atoms with Gasteiger partial charge < -0.3 is 35.0 Å². The maximum absolute atomic E-state index is 13.9. The minimum absolute atomic E-state index is 0.0486. The van der Waals surface area contributed by atoms with Gasteiger partial charge in [0.15, 0.2) is 0 Å². The van der Waals surface area contributed by atoms with E-state index in [4.69, 9.17) is 4.74 Å². The van der Waals surface area contributed by atoms with E-state index < -0.39 is 18.0 Å². The number of para-hydroxylation sites is 1. The van der Waals surface area contributed by atoms with E-state index in [0.717, 1.165) is 21.7 Å². The van der Waals surface area contributed by atoms with Crippen LogP contribution in [0.25, 0.3) is 21.7 Å². The first kappa shape index (κ1) is 37.2. The topological polar surface area (TPSA) is 144 Å². The van der Waals surface area contributed by atoms with E-state index in [1.165, 1.54) is 16.8 Å². The molecule has 2 aliphatic rings. The quantitative estimate of drug-likeness (QED) is 0.297. The largest absolute Gasteiger partial charge is 0.489 e. The smallest absolute Gasteiger partial charge is 0.272 e. The zero-order valence-electron chi connectivity index (χ0n) is 30.7. The van der Waals surface area contributed by atoms with Crippen molar-refractivity contribution in [3.8, 4) is 5.75 Å². The molecule has 13 heteroatoms. The first-order chi connectivity index (χ1) is 25.5. The molecule has 53 heavy (non-hydrogen) atoms. The molecule has 0 aliphatic carbocycles. The number of hydrogen-bond acceptors (Lipinski definition) is 8. The summed E-state index contributed by atoms with van der Waals surface area (Å²) in [7, 11) is 6.87. The molecule has 278 valence electrons. The Hall–Kier alpha value is -5.56. The van der Waals surface area contributed by atoms with Crippen molar-refractivity contribution in [3.63, 3.8) is 0 Å². The Morgan fingerprint density at radius 1 is 0.925 bits per heavy atom. The Kier molecular flexibility index (Phi) is 11.5. The zero-order chi connectivity index (χ0) is 37.6. The third-order valence-electron chi connectivity index (χ3n) is 9.99. The standard InChI is InChI=1S/C40H47N7O6/c1-44(2)19-18-41-39(51)33-16-17-36(49)45(3)24-37(50)47-23-30(42-35(48)21-26-12-13-27-8-5-6-9-29(27)20-26)22-31(47)25-53-34-11-7-10-28-14-15-32(43-38(28)34)40(52)46(33)4/h5-15,20,30-31,33H,16-19,21-25H2,1-4H3,(H,41,51)(H,42,48)/t30-,31-,33-/m0/s1. The van der Waals surface area contributed by atoms with Crippen LogP contribution >= 0.6 is 0 Å². The fourth-order valence-corrected chi connectivity index (χ4v) is 7.02. The Morgan fingerprint density at radius 2 is 1.68 bits per heavy atom. The van der Waals surface area contributed by atoms with Crippen LogP contribution in [-0.2, 0) is 25.6 Å². The van der Waals surface area contributed by atoms with Crippen LogP contribution in [0.2, 0.25) is 0 Å². The van der Waals surface area contributed by atoms with E-state index in [-0.39, 0.29) is 74.3 Å². The van der Waals surface area contributed by atoms with Crippen LogP contribution in [0.5, 0.6) is 5.75 Å². The molecule has 6 rings (SSSR count). The molecule has 0 spiro atoms. The Bertz CT molecular complexity index is 2020. The lowest BCUT2D eigenvalue weighted by Crippen LogP contribution is -2.49. The van der Waals surface area contributed by atoms with Crippen molar-refractivity contribution in [2.45, 2.75) is 43.8 Å². The van der Waals surface area contributed by atoms with Crippen LogP contribution < -0.4 is 15.4 Å². The molecule has 0 radical (unpaired) electrons. The summed E-state index contributed by atoms with van der Waals surface area (Å²) in [4.78, 5) is 78.7. The third-order valence-corrected chi connectivity index (χ3v) is 9.99. The van der Waals surface area contributed by atoms with Crippen LogP contribution in [0.1, 0.15) is 35.3 Å². The van der Waals surface area contributed by atoms with Gasteiger partial charge in [0.25, 0.3) is 5.91 Å². The Balaban J connectivity index is 1.24. The molecule has 3 heterocycles. The minimum atomic E-state index is -0.959. The lowest BCUT2D eigenvalue weighted by atomic mass is 10.0. The number of nitrogens with one attached hydrogen (secondary N) is 2. The van der Waals surface area contributed by atoms with Crippen LogP contribution in [0.15, 0.2) is 72.8 Å². The van der Waals surface area contributed by atoms with E-state index in [1.54, 1.807) is 30.1 Å². The van der Waals surface area contributed by atoms with Crippen LogP contribution in [0.3, 0.4) is 0 Å². The van der Waals surface area contributed by atoms with E-state index >= 15 is 0 Å². The molecule has 5 amide bonds. The second kappa shape index (κ2) is 16.4. The molecule has 0 saturated carbocycles.